The number of hydrogen-bond acceptors (Lipinski definition) is 2. The van der Waals surface area contributed by atoms with Crippen molar-refractivity contribution in [1.82, 2.24) is 0 Å². The van der Waals surface area contributed by atoms with E-state index in [0.29, 0.717) is 36.8 Å². The first-order valence-electron chi connectivity index (χ1n) is 12.7. The van der Waals surface area contributed by atoms with Crippen molar-refractivity contribution in [2.45, 2.75) is 32.6 Å². The molecule has 0 heterocycles. The van der Waals surface area contributed by atoms with Gasteiger partial charge in [-0.05, 0) is 59.9 Å². The number of esters is 1. The van der Waals surface area contributed by atoms with Gasteiger partial charge in [0.05, 0.1) is 0 Å². The third-order valence-corrected chi connectivity index (χ3v) is 6.34. The Morgan fingerprint density at radius 1 is 0.738 bits per heavy atom. The van der Waals surface area contributed by atoms with Crippen molar-refractivity contribution in [3.8, 4) is 28.0 Å². The first-order valence-corrected chi connectivity index (χ1v) is 12.7. The Morgan fingerprint density at radius 2 is 1.31 bits per heavy atom. The SMILES string of the molecule is CCCc1ccc(-c2ccc(-c3cc(F)c(C(=O)Oc4cc(F)c(C/C=C/C(F)F)c(F)c4)c(F)c3)c(F)c2)c(F)c1. The van der Waals surface area contributed by atoms with Crippen LogP contribution in [-0.4, -0.2) is 12.4 Å². The summed E-state index contributed by atoms with van der Waals surface area (Å²) < 4.78 is 117. The van der Waals surface area contributed by atoms with Crippen LogP contribution < -0.4 is 4.74 Å². The summed E-state index contributed by atoms with van der Waals surface area (Å²) in [6.45, 7) is 1.95. The van der Waals surface area contributed by atoms with Gasteiger partial charge in [0.2, 0.25) is 0 Å². The average Bonchev–Trinajstić information content (AvgIpc) is 2.90. The van der Waals surface area contributed by atoms with Crippen LogP contribution in [0.5, 0.6) is 5.75 Å². The predicted octanol–water partition coefficient (Wildman–Crippen LogP) is 9.39. The zero-order valence-corrected chi connectivity index (χ0v) is 22.0. The summed E-state index contributed by atoms with van der Waals surface area (Å²) in [6.07, 6.45) is -0.548. The largest absolute Gasteiger partial charge is 0.423 e. The van der Waals surface area contributed by atoms with E-state index in [1.165, 1.54) is 24.3 Å². The van der Waals surface area contributed by atoms with Crippen LogP contribution in [0.15, 0.2) is 72.8 Å². The molecule has 0 spiro atoms. The lowest BCUT2D eigenvalue weighted by atomic mass is 9.97. The van der Waals surface area contributed by atoms with E-state index in [-0.39, 0.29) is 22.3 Å². The zero-order chi connectivity index (χ0) is 30.6. The minimum atomic E-state index is -2.82. The van der Waals surface area contributed by atoms with Crippen LogP contribution >= 0.6 is 0 Å². The van der Waals surface area contributed by atoms with E-state index in [1.54, 1.807) is 6.07 Å². The Balaban J connectivity index is 1.56. The molecule has 0 N–H and O–H groups in total. The smallest absolute Gasteiger partial charge is 0.349 e. The second-order valence-electron chi connectivity index (χ2n) is 9.30. The monoisotopic (exact) mass is 590 g/mol. The predicted molar refractivity (Wildman–Crippen MR) is 141 cm³/mol. The molecule has 218 valence electrons. The van der Waals surface area contributed by atoms with Crippen LogP contribution in [0.25, 0.3) is 22.3 Å². The van der Waals surface area contributed by atoms with Crippen molar-refractivity contribution >= 4 is 5.97 Å². The third kappa shape index (κ3) is 6.87. The van der Waals surface area contributed by atoms with E-state index in [2.05, 4.69) is 0 Å². The molecule has 0 aromatic heterocycles. The molecule has 0 bridgehead atoms. The molecule has 0 unspecified atom stereocenters. The minimum absolute atomic E-state index is 0.140. The highest BCUT2D eigenvalue weighted by molar-refractivity contribution is 5.92. The molecule has 0 radical (unpaired) electrons. The summed E-state index contributed by atoms with van der Waals surface area (Å²) in [5.74, 6) is -9.16. The molecule has 10 heteroatoms. The molecule has 0 saturated carbocycles. The normalized spacial score (nSPS) is 11.5. The van der Waals surface area contributed by atoms with E-state index in [4.69, 9.17) is 4.74 Å². The van der Waals surface area contributed by atoms with Gasteiger partial charge in [-0.2, -0.15) is 0 Å². The molecule has 0 atom stereocenters. The van der Waals surface area contributed by atoms with Crippen molar-refractivity contribution in [2.24, 2.45) is 0 Å². The number of rotatable bonds is 9. The maximum atomic E-state index is 15.0. The van der Waals surface area contributed by atoms with Crippen molar-refractivity contribution in [2.75, 3.05) is 0 Å². The highest BCUT2D eigenvalue weighted by Crippen LogP contribution is 2.32. The third-order valence-electron chi connectivity index (χ3n) is 6.34. The standard InChI is InChI=1S/C32H22F8O2/c1-2-4-17-7-9-21(24(33)11-17)18-8-10-22(25(34)12-18)19-13-28(37)31(29(38)14-19)32(41)42-20-15-26(35)23(27(36)16-20)5-3-6-30(39)40/h3,6-16,30H,2,4-5H2,1H3/b6-3+. The number of carbonyl (C=O) groups is 1. The van der Waals surface area contributed by atoms with Crippen LogP contribution in [0.1, 0.15) is 34.8 Å². The molecule has 0 amide bonds. The molecule has 0 aliphatic carbocycles. The van der Waals surface area contributed by atoms with E-state index in [0.717, 1.165) is 24.1 Å². The second-order valence-corrected chi connectivity index (χ2v) is 9.30. The molecule has 0 saturated heterocycles. The Hall–Kier alpha value is -4.47. The van der Waals surface area contributed by atoms with Gasteiger partial charge in [0, 0.05) is 28.8 Å². The second kappa shape index (κ2) is 13.0. The van der Waals surface area contributed by atoms with E-state index in [9.17, 15) is 35.5 Å². The van der Waals surface area contributed by atoms with Crippen LogP contribution in [0.4, 0.5) is 35.1 Å². The quantitative estimate of drug-likeness (QED) is 0.0841. The van der Waals surface area contributed by atoms with Crippen molar-refractivity contribution in [3.05, 3.63) is 124 Å². The Kier molecular flexibility index (Phi) is 9.45. The average molecular weight is 591 g/mol. The summed E-state index contributed by atoms with van der Waals surface area (Å²) in [6, 6.07) is 10.7. The summed E-state index contributed by atoms with van der Waals surface area (Å²) in [5.41, 5.74) is -1.17. The van der Waals surface area contributed by atoms with E-state index < -0.39 is 70.6 Å². The van der Waals surface area contributed by atoms with Gasteiger partial charge in [0.1, 0.15) is 46.2 Å². The van der Waals surface area contributed by atoms with Crippen LogP contribution in [0, 0.1) is 34.9 Å². The van der Waals surface area contributed by atoms with Crippen molar-refractivity contribution in [1.29, 1.82) is 0 Å². The summed E-state index contributed by atoms with van der Waals surface area (Å²) in [4.78, 5) is 12.5. The number of aryl methyl sites for hydroxylation is 1. The maximum Gasteiger partial charge on any atom is 0.349 e. The highest BCUT2D eigenvalue weighted by Gasteiger charge is 2.23. The molecule has 0 aliphatic heterocycles. The molecule has 0 aliphatic rings. The Labute approximate surface area is 235 Å². The molecule has 42 heavy (non-hydrogen) atoms. The van der Waals surface area contributed by atoms with Crippen molar-refractivity contribution in [3.63, 3.8) is 0 Å². The van der Waals surface area contributed by atoms with Gasteiger partial charge in [-0.1, -0.05) is 43.7 Å². The number of hydrogen-bond donors (Lipinski definition) is 0. The fraction of sp³-hybridized carbons (Fsp3) is 0.156. The van der Waals surface area contributed by atoms with Gasteiger partial charge >= 0.3 is 5.97 Å². The maximum absolute atomic E-state index is 15.0. The van der Waals surface area contributed by atoms with Gasteiger partial charge in [0.15, 0.2) is 0 Å². The molecule has 0 fully saturated rings. The number of allylic oxidation sites excluding steroid dienone is 2. The van der Waals surface area contributed by atoms with Crippen molar-refractivity contribution < 1.29 is 44.7 Å². The first-order chi connectivity index (χ1) is 20.0. The number of alkyl halides is 2. The number of halogens is 8. The van der Waals surface area contributed by atoms with Gasteiger partial charge in [-0.3, -0.25) is 0 Å². The van der Waals surface area contributed by atoms with E-state index >= 15 is 4.39 Å². The van der Waals surface area contributed by atoms with Gasteiger partial charge in [-0.15, -0.1) is 0 Å². The van der Waals surface area contributed by atoms with Crippen LogP contribution in [0.3, 0.4) is 0 Å². The van der Waals surface area contributed by atoms with Gasteiger partial charge < -0.3 is 4.74 Å². The highest BCUT2D eigenvalue weighted by atomic mass is 19.3. The molecule has 2 nitrogen and oxygen atoms in total. The molecule has 4 rings (SSSR count). The van der Waals surface area contributed by atoms with Gasteiger partial charge in [-0.25, -0.2) is 39.9 Å². The lowest BCUT2D eigenvalue weighted by molar-refractivity contribution is 0.0723. The topological polar surface area (TPSA) is 26.3 Å². The summed E-state index contributed by atoms with van der Waals surface area (Å²) in [5, 5.41) is 0. The van der Waals surface area contributed by atoms with Gasteiger partial charge in [0.25, 0.3) is 6.43 Å². The molecule has 4 aromatic rings. The first kappa shape index (κ1) is 30.5. The Morgan fingerprint density at radius 3 is 1.88 bits per heavy atom. The molecular weight excluding hydrogens is 568 g/mol. The number of benzene rings is 4. The Bertz CT molecular complexity index is 1620. The zero-order valence-electron chi connectivity index (χ0n) is 22.0. The van der Waals surface area contributed by atoms with Crippen LogP contribution in [0.2, 0.25) is 0 Å². The minimum Gasteiger partial charge on any atom is -0.423 e. The number of carbonyl (C=O) groups excluding carboxylic acids is 1. The van der Waals surface area contributed by atoms with E-state index in [1.807, 2.05) is 6.92 Å². The summed E-state index contributed by atoms with van der Waals surface area (Å²) >= 11 is 0. The lowest BCUT2D eigenvalue weighted by Crippen LogP contribution is -2.14. The molecule has 4 aromatic carbocycles. The fourth-order valence-electron chi connectivity index (χ4n) is 4.36. The number of ether oxygens (including phenoxy) is 1. The summed E-state index contributed by atoms with van der Waals surface area (Å²) in [7, 11) is 0. The van der Waals surface area contributed by atoms with Crippen LogP contribution in [-0.2, 0) is 12.8 Å². The lowest BCUT2D eigenvalue weighted by Gasteiger charge is -2.12. The fourth-order valence-corrected chi connectivity index (χ4v) is 4.36. The molecular formula is C32H22F8O2.